The van der Waals surface area contributed by atoms with Crippen LogP contribution >= 0.6 is 11.6 Å². The zero-order valence-corrected chi connectivity index (χ0v) is 16.9. The maximum absolute atomic E-state index is 13.9. The normalized spacial score (nSPS) is 12.8. The Hall–Kier alpha value is -3.46. The molecule has 1 aliphatic heterocycles. The zero-order chi connectivity index (χ0) is 22.0. The lowest BCUT2D eigenvalue weighted by atomic mass is 10.0. The fourth-order valence-electron chi connectivity index (χ4n) is 3.18. The minimum absolute atomic E-state index is 0.0000488. The summed E-state index contributed by atoms with van der Waals surface area (Å²) in [5, 5.41) is 9.49. The summed E-state index contributed by atoms with van der Waals surface area (Å²) in [4.78, 5) is 23.9. The van der Waals surface area contributed by atoms with Crippen molar-refractivity contribution in [3.8, 4) is 11.4 Å². The number of halogens is 3. The zero-order valence-electron chi connectivity index (χ0n) is 16.1. The number of aryl methyl sites for hydroxylation is 1. The topological polar surface area (TPSA) is 85.2 Å². The van der Waals surface area contributed by atoms with Crippen molar-refractivity contribution in [1.29, 1.82) is 0 Å². The first-order valence-electron chi connectivity index (χ1n) is 9.45. The molecule has 2 aromatic carbocycles. The third kappa shape index (κ3) is 4.51. The maximum Gasteiger partial charge on any atom is 0.292 e. The van der Waals surface area contributed by atoms with E-state index < -0.39 is 17.2 Å². The number of carbonyl (C=O) groups excluding carboxylic acids is 1. The average Bonchev–Trinajstić information content (AvgIpc) is 2.75. The van der Waals surface area contributed by atoms with Crippen LogP contribution in [0.2, 0.25) is 5.02 Å². The van der Waals surface area contributed by atoms with Gasteiger partial charge in [-0.05, 0) is 42.3 Å². The van der Waals surface area contributed by atoms with Gasteiger partial charge in [0.2, 0.25) is 5.91 Å². The Bertz CT molecular complexity index is 1220. The summed E-state index contributed by atoms with van der Waals surface area (Å²) in [6.45, 7) is 0.598. The monoisotopic (exact) mass is 446 g/mol. The van der Waals surface area contributed by atoms with E-state index in [1.165, 1.54) is 6.20 Å². The second-order valence-electron chi connectivity index (χ2n) is 6.83. The number of nitrogens with zero attached hydrogens (tertiary/aromatic N) is 2. The van der Waals surface area contributed by atoms with Crippen LogP contribution in [0.3, 0.4) is 0 Å². The van der Waals surface area contributed by atoms with E-state index in [1.807, 2.05) is 6.07 Å². The molecular weight excluding hydrogens is 430 g/mol. The van der Waals surface area contributed by atoms with Gasteiger partial charge >= 0.3 is 0 Å². The van der Waals surface area contributed by atoms with Gasteiger partial charge in [-0.15, -0.1) is 0 Å². The molecule has 0 unspecified atom stereocenters. The molecule has 0 spiro atoms. The third-order valence-electron chi connectivity index (χ3n) is 4.72. The SMILES string of the molecule is O=C1CCc2cc(OCCNc3cnn(-c4ccc(F)cc4F)c(=O)c3Cl)ccc2N1. The van der Waals surface area contributed by atoms with E-state index in [4.69, 9.17) is 16.3 Å². The van der Waals surface area contributed by atoms with E-state index in [1.54, 1.807) is 12.1 Å². The number of carbonyl (C=O) groups is 1. The highest BCUT2D eigenvalue weighted by atomic mass is 35.5. The number of hydrogen-bond acceptors (Lipinski definition) is 5. The first-order chi connectivity index (χ1) is 14.9. The highest BCUT2D eigenvalue weighted by molar-refractivity contribution is 6.32. The summed E-state index contributed by atoms with van der Waals surface area (Å²) in [6.07, 6.45) is 2.38. The number of nitrogens with one attached hydrogen (secondary N) is 2. The molecule has 0 fully saturated rings. The molecule has 1 amide bonds. The number of fused-ring (bicyclic) bond motifs is 1. The highest BCUT2D eigenvalue weighted by Gasteiger charge is 2.16. The van der Waals surface area contributed by atoms with Crippen molar-refractivity contribution >= 4 is 28.9 Å². The van der Waals surface area contributed by atoms with Gasteiger partial charge in [-0.1, -0.05) is 11.6 Å². The Labute approximate surface area is 180 Å². The summed E-state index contributed by atoms with van der Waals surface area (Å²) in [5.74, 6) is -1.03. The predicted molar refractivity (Wildman–Crippen MR) is 112 cm³/mol. The summed E-state index contributed by atoms with van der Waals surface area (Å²) >= 11 is 6.11. The molecule has 3 aromatic rings. The van der Waals surface area contributed by atoms with E-state index in [0.717, 1.165) is 28.1 Å². The summed E-state index contributed by atoms with van der Waals surface area (Å²) in [7, 11) is 0. The van der Waals surface area contributed by atoms with Crippen LogP contribution in [-0.2, 0) is 11.2 Å². The molecule has 1 aromatic heterocycles. The Kier molecular flexibility index (Phi) is 5.85. The van der Waals surface area contributed by atoms with Crippen LogP contribution in [0, 0.1) is 11.6 Å². The van der Waals surface area contributed by atoms with Gasteiger partial charge < -0.3 is 15.4 Å². The van der Waals surface area contributed by atoms with Crippen LogP contribution in [0.25, 0.3) is 5.69 Å². The number of hydrogen-bond donors (Lipinski definition) is 2. The molecule has 4 rings (SSSR count). The van der Waals surface area contributed by atoms with Crippen molar-refractivity contribution in [3.63, 3.8) is 0 Å². The summed E-state index contributed by atoms with van der Waals surface area (Å²) < 4.78 is 33.5. The number of anilines is 2. The average molecular weight is 447 g/mol. The maximum atomic E-state index is 13.9. The predicted octanol–water partition coefficient (Wildman–Crippen LogP) is 3.54. The van der Waals surface area contributed by atoms with Gasteiger partial charge in [0.1, 0.15) is 28.9 Å². The summed E-state index contributed by atoms with van der Waals surface area (Å²) in [6, 6.07) is 8.23. The lowest BCUT2D eigenvalue weighted by Gasteiger charge is -2.18. The van der Waals surface area contributed by atoms with Crippen molar-refractivity contribution < 1.29 is 18.3 Å². The van der Waals surface area contributed by atoms with Crippen molar-refractivity contribution in [2.45, 2.75) is 12.8 Å². The minimum Gasteiger partial charge on any atom is -0.492 e. The second kappa shape index (κ2) is 8.73. The van der Waals surface area contributed by atoms with Crippen LogP contribution in [0.15, 0.2) is 47.4 Å². The van der Waals surface area contributed by atoms with E-state index in [0.29, 0.717) is 31.2 Å². The van der Waals surface area contributed by atoms with E-state index in [2.05, 4.69) is 15.7 Å². The molecule has 0 radical (unpaired) electrons. The third-order valence-corrected chi connectivity index (χ3v) is 5.08. The number of rotatable bonds is 6. The van der Waals surface area contributed by atoms with Crippen LogP contribution < -0.4 is 20.9 Å². The van der Waals surface area contributed by atoms with Gasteiger partial charge in [0.15, 0.2) is 5.82 Å². The fraction of sp³-hybridized carbons (Fsp3) is 0.190. The molecule has 0 saturated heterocycles. The molecular formula is C21H17ClF2N4O3. The molecule has 7 nitrogen and oxygen atoms in total. The quantitative estimate of drug-likeness (QED) is 0.566. The molecule has 0 bridgehead atoms. The highest BCUT2D eigenvalue weighted by Crippen LogP contribution is 2.26. The minimum atomic E-state index is -0.926. The van der Waals surface area contributed by atoms with Gasteiger partial charge in [-0.2, -0.15) is 9.78 Å². The Balaban J connectivity index is 1.39. The molecule has 31 heavy (non-hydrogen) atoms. The number of amides is 1. The molecule has 0 saturated carbocycles. The van der Waals surface area contributed by atoms with Crippen molar-refractivity contribution in [2.75, 3.05) is 23.8 Å². The Morgan fingerprint density at radius 2 is 2.00 bits per heavy atom. The Morgan fingerprint density at radius 3 is 2.81 bits per heavy atom. The smallest absolute Gasteiger partial charge is 0.292 e. The van der Waals surface area contributed by atoms with Crippen molar-refractivity contribution in [2.24, 2.45) is 0 Å². The van der Waals surface area contributed by atoms with Crippen LogP contribution in [0.5, 0.6) is 5.75 Å². The van der Waals surface area contributed by atoms with Crippen LogP contribution in [0.1, 0.15) is 12.0 Å². The first-order valence-corrected chi connectivity index (χ1v) is 9.83. The van der Waals surface area contributed by atoms with Gasteiger partial charge in [-0.3, -0.25) is 9.59 Å². The van der Waals surface area contributed by atoms with E-state index in [9.17, 15) is 18.4 Å². The van der Waals surface area contributed by atoms with Gasteiger partial charge in [-0.25, -0.2) is 8.78 Å². The second-order valence-corrected chi connectivity index (χ2v) is 7.21. The lowest BCUT2D eigenvalue weighted by molar-refractivity contribution is -0.116. The van der Waals surface area contributed by atoms with E-state index in [-0.39, 0.29) is 28.9 Å². The number of benzene rings is 2. The molecule has 0 atom stereocenters. The van der Waals surface area contributed by atoms with Crippen molar-refractivity contribution in [1.82, 2.24) is 9.78 Å². The van der Waals surface area contributed by atoms with Gasteiger partial charge in [0.25, 0.3) is 5.56 Å². The number of ether oxygens (including phenoxy) is 1. The van der Waals surface area contributed by atoms with Gasteiger partial charge in [0.05, 0.1) is 11.9 Å². The van der Waals surface area contributed by atoms with Gasteiger partial charge in [0, 0.05) is 24.7 Å². The fourth-order valence-corrected chi connectivity index (χ4v) is 3.38. The lowest BCUT2D eigenvalue weighted by Crippen LogP contribution is -2.24. The molecule has 2 heterocycles. The number of aromatic nitrogens is 2. The molecule has 160 valence electrons. The van der Waals surface area contributed by atoms with Crippen LogP contribution in [-0.4, -0.2) is 28.8 Å². The molecule has 2 N–H and O–H groups in total. The Morgan fingerprint density at radius 1 is 1.16 bits per heavy atom. The molecule has 10 heteroatoms. The first kappa shape index (κ1) is 20.8. The standard InChI is InChI=1S/C21H17ClF2N4O3/c22-20-17(11-26-28(21(20)30)18-5-2-13(23)10-15(18)24)25-7-8-31-14-3-4-16-12(9-14)1-6-19(29)27-16/h2-5,9-11,25H,1,6-8H2,(H,27,29). The summed E-state index contributed by atoms with van der Waals surface area (Å²) in [5.41, 5.74) is 1.12. The molecule has 0 aliphatic carbocycles. The van der Waals surface area contributed by atoms with E-state index >= 15 is 0 Å². The largest absolute Gasteiger partial charge is 0.492 e. The van der Waals surface area contributed by atoms with Crippen molar-refractivity contribution in [3.05, 3.63) is 75.2 Å². The molecule has 1 aliphatic rings. The van der Waals surface area contributed by atoms with Crippen LogP contribution in [0.4, 0.5) is 20.2 Å².